The van der Waals surface area contributed by atoms with Crippen molar-refractivity contribution in [2.45, 2.75) is 33.6 Å². The predicted molar refractivity (Wildman–Crippen MR) is 116 cm³/mol. The normalized spacial score (nSPS) is 10.5. The number of thioether (sulfide) groups is 1. The second kappa shape index (κ2) is 10.4. The monoisotopic (exact) mass is 404 g/mol. The lowest BCUT2D eigenvalue weighted by molar-refractivity contribution is -0.116. The van der Waals surface area contributed by atoms with Crippen molar-refractivity contribution in [3.8, 4) is 0 Å². The summed E-state index contributed by atoms with van der Waals surface area (Å²) in [6, 6.07) is 11.1. The minimum atomic E-state index is -0.0577. The van der Waals surface area contributed by atoms with Crippen LogP contribution >= 0.6 is 23.4 Å². The highest BCUT2D eigenvalue weighted by molar-refractivity contribution is 7.99. The minimum absolute atomic E-state index is 0.0104. The van der Waals surface area contributed by atoms with Crippen molar-refractivity contribution in [1.29, 1.82) is 0 Å². The van der Waals surface area contributed by atoms with Gasteiger partial charge in [-0.05, 0) is 68.3 Å². The summed E-state index contributed by atoms with van der Waals surface area (Å²) in [7, 11) is 0. The second-order valence-electron chi connectivity index (χ2n) is 6.53. The molecule has 0 aliphatic heterocycles. The summed E-state index contributed by atoms with van der Waals surface area (Å²) < 4.78 is 0. The fourth-order valence-electron chi connectivity index (χ4n) is 2.81. The van der Waals surface area contributed by atoms with E-state index < -0.39 is 0 Å². The summed E-state index contributed by atoms with van der Waals surface area (Å²) in [5.74, 6) is 1.07. The van der Waals surface area contributed by atoms with Gasteiger partial charge in [0.15, 0.2) is 0 Å². The summed E-state index contributed by atoms with van der Waals surface area (Å²) in [5.41, 5.74) is 4.98. The maximum absolute atomic E-state index is 12.2. The number of carbonyl (C=O) groups excluding carboxylic acids is 2. The number of rotatable bonds is 8. The van der Waals surface area contributed by atoms with Crippen LogP contribution in [0.3, 0.4) is 0 Å². The third kappa shape index (κ3) is 7.27. The van der Waals surface area contributed by atoms with Gasteiger partial charge in [-0.2, -0.15) is 11.8 Å². The van der Waals surface area contributed by atoms with E-state index in [0.29, 0.717) is 17.2 Å². The zero-order valence-electron chi connectivity index (χ0n) is 15.9. The number of hydrogen-bond donors (Lipinski definition) is 2. The van der Waals surface area contributed by atoms with E-state index in [2.05, 4.69) is 22.8 Å². The number of nitrogens with one attached hydrogen (secondary N) is 2. The van der Waals surface area contributed by atoms with Crippen LogP contribution in [0.15, 0.2) is 36.4 Å². The number of anilines is 2. The van der Waals surface area contributed by atoms with E-state index in [1.807, 2.05) is 20.8 Å². The molecule has 27 heavy (non-hydrogen) atoms. The molecule has 2 rings (SSSR count). The molecular formula is C21H25ClN2O2S. The third-order valence-electron chi connectivity index (χ3n) is 4.00. The molecule has 0 fully saturated rings. The van der Waals surface area contributed by atoms with E-state index in [1.54, 1.807) is 24.3 Å². The molecule has 0 saturated heterocycles. The number of hydrogen-bond acceptors (Lipinski definition) is 3. The summed E-state index contributed by atoms with van der Waals surface area (Å²) in [6.07, 6.45) is 1.17. The van der Waals surface area contributed by atoms with Crippen LogP contribution in [0.2, 0.25) is 5.02 Å². The number of benzene rings is 2. The predicted octanol–water partition coefficient (Wildman–Crippen LogP) is 5.36. The van der Waals surface area contributed by atoms with Crippen LogP contribution in [0.25, 0.3) is 0 Å². The second-order valence-corrected chi connectivity index (χ2v) is 8.07. The van der Waals surface area contributed by atoms with Gasteiger partial charge >= 0.3 is 0 Å². The first kappa shape index (κ1) is 21.3. The third-order valence-corrected chi connectivity index (χ3v) is 5.29. The van der Waals surface area contributed by atoms with Crippen LogP contribution in [0, 0.1) is 20.8 Å². The van der Waals surface area contributed by atoms with E-state index >= 15 is 0 Å². The molecule has 6 heteroatoms. The smallest absolute Gasteiger partial charge is 0.234 e. The molecule has 0 aliphatic rings. The molecular weight excluding hydrogens is 380 g/mol. The maximum Gasteiger partial charge on any atom is 0.234 e. The Labute approximate surface area is 170 Å². The molecule has 0 heterocycles. The Kier molecular flexibility index (Phi) is 8.20. The standard InChI is InChI=1S/C21H25ClN2O2S/c1-14-11-15(2)21(16(3)12-14)24-19(25)5-4-10-27-13-20(26)23-18-8-6-17(22)7-9-18/h6-9,11-12H,4-5,10,13H2,1-3H3,(H,23,26)(H,24,25). The van der Waals surface area contributed by atoms with Crippen LogP contribution in [-0.4, -0.2) is 23.3 Å². The molecule has 0 radical (unpaired) electrons. The van der Waals surface area contributed by atoms with Gasteiger partial charge in [0.1, 0.15) is 0 Å². The molecule has 2 aromatic carbocycles. The van der Waals surface area contributed by atoms with Gasteiger partial charge in [0.25, 0.3) is 0 Å². The molecule has 0 bridgehead atoms. The number of halogens is 1. The van der Waals surface area contributed by atoms with E-state index in [4.69, 9.17) is 11.6 Å². The summed E-state index contributed by atoms with van der Waals surface area (Å²) in [5, 5.41) is 6.46. The van der Waals surface area contributed by atoms with Crippen LogP contribution in [0.4, 0.5) is 11.4 Å². The van der Waals surface area contributed by atoms with Crippen molar-refractivity contribution < 1.29 is 9.59 Å². The highest BCUT2D eigenvalue weighted by Crippen LogP contribution is 2.22. The Balaban J connectivity index is 1.65. The van der Waals surface area contributed by atoms with Crippen LogP contribution in [0.1, 0.15) is 29.5 Å². The molecule has 0 spiro atoms. The average molecular weight is 405 g/mol. The van der Waals surface area contributed by atoms with Crippen LogP contribution in [-0.2, 0) is 9.59 Å². The van der Waals surface area contributed by atoms with Crippen molar-refractivity contribution in [3.63, 3.8) is 0 Å². The Hall–Kier alpha value is -1.98. The summed E-state index contributed by atoms with van der Waals surface area (Å²) >= 11 is 7.34. The lowest BCUT2D eigenvalue weighted by atomic mass is 10.0. The molecule has 2 N–H and O–H groups in total. The minimum Gasteiger partial charge on any atom is -0.326 e. The molecule has 0 unspecified atom stereocenters. The van der Waals surface area contributed by atoms with Crippen molar-refractivity contribution in [2.75, 3.05) is 22.1 Å². The van der Waals surface area contributed by atoms with Crippen molar-refractivity contribution >= 4 is 46.6 Å². The fourth-order valence-corrected chi connectivity index (χ4v) is 3.69. The SMILES string of the molecule is Cc1cc(C)c(NC(=O)CCCSCC(=O)Nc2ccc(Cl)cc2)c(C)c1. The Morgan fingerprint density at radius 2 is 1.59 bits per heavy atom. The van der Waals surface area contributed by atoms with E-state index in [-0.39, 0.29) is 11.8 Å². The van der Waals surface area contributed by atoms with Gasteiger partial charge in [-0.25, -0.2) is 0 Å². The lowest BCUT2D eigenvalue weighted by Gasteiger charge is -2.12. The molecule has 0 aromatic heterocycles. The average Bonchev–Trinajstić information content (AvgIpc) is 2.60. The number of carbonyl (C=O) groups is 2. The van der Waals surface area contributed by atoms with Gasteiger partial charge in [-0.15, -0.1) is 0 Å². The van der Waals surface area contributed by atoms with Gasteiger partial charge in [0.2, 0.25) is 11.8 Å². The summed E-state index contributed by atoms with van der Waals surface area (Å²) in [6.45, 7) is 6.06. The van der Waals surface area contributed by atoms with Gasteiger partial charge in [0, 0.05) is 22.8 Å². The van der Waals surface area contributed by atoms with Crippen molar-refractivity contribution in [2.24, 2.45) is 0 Å². The van der Waals surface area contributed by atoms with Crippen molar-refractivity contribution in [3.05, 3.63) is 58.1 Å². The first-order valence-electron chi connectivity index (χ1n) is 8.86. The van der Waals surface area contributed by atoms with E-state index in [0.717, 1.165) is 34.7 Å². The van der Waals surface area contributed by atoms with Crippen molar-refractivity contribution in [1.82, 2.24) is 0 Å². The van der Waals surface area contributed by atoms with Gasteiger partial charge < -0.3 is 10.6 Å². The Bertz CT molecular complexity index is 783. The van der Waals surface area contributed by atoms with Gasteiger partial charge in [0.05, 0.1) is 5.75 Å². The topological polar surface area (TPSA) is 58.2 Å². The molecule has 4 nitrogen and oxygen atoms in total. The fraction of sp³-hybridized carbons (Fsp3) is 0.333. The molecule has 0 aliphatic carbocycles. The maximum atomic E-state index is 12.2. The number of aryl methyl sites for hydroxylation is 3. The molecule has 2 aromatic rings. The number of amides is 2. The van der Waals surface area contributed by atoms with E-state index in [9.17, 15) is 9.59 Å². The Morgan fingerprint density at radius 3 is 2.22 bits per heavy atom. The zero-order chi connectivity index (χ0) is 19.8. The Morgan fingerprint density at radius 1 is 0.963 bits per heavy atom. The largest absolute Gasteiger partial charge is 0.326 e. The molecule has 144 valence electrons. The van der Waals surface area contributed by atoms with Crippen LogP contribution in [0.5, 0.6) is 0 Å². The van der Waals surface area contributed by atoms with Gasteiger partial charge in [-0.3, -0.25) is 9.59 Å². The quantitative estimate of drug-likeness (QED) is 0.582. The molecule has 0 saturated carbocycles. The first-order valence-corrected chi connectivity index (χ1v) is 10.4. The molecule has 0 atom stereocenters. The zero-order valence-corrected chi connectivity index (χ0v) is 17.5. The summed E-state index contributed by atoms with van der Waals surface area (Å²) in [4.78, 5) is 24.1. The van der Waals surface area contributed by atoms with Crippen LogP contribution < -0.4 is 10.6 Å². The highest BCUT2D eigenvalue weighted by atomic mass is 35.5. The van der Waals surface area contributed by atoms with E-state index in [1.165, 1.54) is 17.3 Å². The first-order chi connectivity index (χ1) is 12.8. The van der Waals surface area contributed by atoms with Gasteiger partial charge in [-0.1, -0.05) is 29.3 Å². The molecule has 2 amide bonds. The highest BCUT2D eigenvalue weighted by Gasteiger charge is 2.09. The lowest BCUT2D eigenvalue weighted by Crippen LogP contribution is -2.15.